The molecule has 6 aromatic rings. The molecule has 0 saturated heterocycles. The third-order valence-corrected chi connectivity index (χ3v) is 10.4. The summed E-state index contributed by atoms with van der Waals surface area (Å²) in [5.41, 5.74) is 8.07. The van der Waals surface area contributed by atoms with Crippen LogP contribution in [-0.2, 0) is 4.79 Å². The first-order valence-electron chi connectivity index (χ1n) is 17.4. The zero-order valence-corrected chi connectivity index (χ0v) is 30.1. The van der Waals surface area contributed by atoms with Crippen LogP contribution in [0.25, 0.3) is 54.2 Å². The number of methoxy groups -OCH3 is 2. The van der Waals surface area contributed by atoms with Crippen LogP contribution in [0.5, 0.6) is 11.5 Å². The number of ether oxygens (including phenoxy) is 2. The van der Waals surface area contributed by atoms with E-state index in [-0.39, 0.29) is 16.6 Å². The van der Waals surface area contributed by atoms with E-state index in [4.69, 9.17) is 9.47 Å². The van der Waals surface area contributed by atoms with Gasteiger partial charge in [-0.3, -0.25) is 4.79 Å². The number of rotatable bonds is 4. The quantitative estimate of drug-likeness (QED) is 0.177. The molecule has 0 amide bonds. The molecular formula is C47H42O3. The number of hydrogen-bond donors (Lipinski definition) is 0. The fourth-order valence-electron chi connectivity index (χ4n) is 8.02. The first-order valence-corrected chi connectivity index (χ1v) is 17.4. The molecule has 50 heavy (non-hydrogen) atoms. The van der Waals surface area contributed by atoms with Gasteiger partial charge in [-0.25, -0.2) is 0 Å². The van der Waals surface area contributed by atoms with Crippen molar-refractivity contribution in [3.05, 3.63) is 143 Å². The number of hydrogen-bond acceptors (Lipinski definition) is 3. The minimum atomic E-state index is -0.331. The minimum Gasteiger partial charge on any atom is -0.495 e. The second-order valence-corrected chi connectivity index (χ2v) is 15.5. The Kier molecular flexibility index (Phi) is 7.20. The van der Waals surface area contributed by atoms with Gasteiger partial charge < -0.3 is 9.47 Å². The molecule has 0 bridgehead atoms. The lowest BCUT2D eigenvalue weighted by Gasteiger charge is -2.31. The van der Waals surface area contributed by atoms with Crippen LogP contribution in [-0.4, -0.2) is 20.0 Å². The van der Waals surface area contributed by atoms with Gasteiger partial charge in [0.05, 0.1) is 14.2 Å². The molecule has 6 aromatic carbocycles. The molecule has 0 spiro atoms. The fraction of sp³-hybridized carbons (Fsp3) is 0.213. The van der Waals surface area contributed by atoms with Crippen LogP contribution in [0.2, 0.25) is 0 Å². The summed E-state index contributed by atoms with van der Waals surface area (Å²) in [7, 11) is 3.52. The van der Waals surface area contributed by atoms with Crippen molar-refractivity contribution in [2.75, 3.05) is 14.2 Å². The molecular weight excluding hydrogens is 613 g/mol. The summed E-state index contributed by atoms with van der Waals surface area (Å²) in [4.78, 5) is 14.2. The van der Waals surface area contributed by atoms with Crippen LogP contribution in [0.3, 0.4) is 0 Å². The highest BCUT2D eigenvalue weighted by Crippen LogP contribution is 2.62. The molecule has 0 unspecified atom stereocenters. The number of allylic oxidation sites excluding steroid dienone is 8. The fourth-order valence-corrected chi connectivity index (χ4v) is 8.02. The Labute approximate surface area is 294 Å². The van der Waals surface area contributed by atoms with E-state index in [1.807, 2.05) is 0 Å². The molecule has 248 valence electrons. The SMILES string of the molecule is COc1c2ccccc2c(C2=C(c3c4ccccc4c(OC)c4ccccc34)C2=C2C=C(C(C)(C)C)C(=O)C(C(C)(C)C)=C2)c2ccccc12. The summed E-state index contributed by atoms with van der Waals surface area (Å²) in [5, 5.41) is 8.86. The predicted molar refractivity (Wildman–Crippen MR) is 210 cm³/mol. The molecule has 3 nitrogen and oxygen atoms in total. The highest BCUT2D eigenvalue weighted by molar-refractivity contribution is 6.37. The van der Waals surface area contributed by atoms with Gasteiger partial charge in [0.2, 0.25) is 0 Å². The first kappa shape index (κ1) is 31.8. The normalized spacial score (nSPS) is 15.3. The number of carbonyl (C=O) groups is 1. The molecule has 0 atom stereocenters. The smallest absolute Gasteiger partial charge is 0.186 e. The minimum absolute atomic E-state index is 0.138. The van der Waals surface area contributed by atoms with Crippen molar-refractivity contribution in [3.8, 4) is 11.5 Å². The number of Topliss-reactive ketones (excluding diaryl/α,β-unsaturated/α-hetero) is 1. The molecule has 0 heterocycles. The van der Waals surface area contributed by atoms with Crippen LogP contribution in [0.15, 0.2) is 132 Å². The Balaban J connectivity index is 1.59. The Morgan fingerprint density at radius 2 is 0.700 bits per heavy atom. The van der Waals surface area contributed by atoms with Gasteiger partial charge in [0, 0.05) is 32.7 Å². The largest absolute Gasteiger partial charge is 0.495 e. The van der Waals surface area contributed by atoms with Crippen molar-refractivity contribution in [2.24, 2.45) is 10.8 Å². The Hall–Kier alpha value is -5.41. The molecule has 0 N–H and O–H groups in total. The number of benzene rings is 6. The van der Waals surface area contributed by atoms with Gasteiger partial charge in [-0.2, -0.15) is 0 Å². The van der Waals surface area contributed by atoms with Crippen LogP contribution >= 0.6 is 0 Å². The van der Waals surface area contributed by atoms with E-state index < -0.39 is 0 Å². The maximum Gasteiger partial charge on any atom is 0.186 e. The lowest BCUT2D eigenvalue weighted by Crippen LogP contribution is -2.28. The van der Waals surface area contributed by atoms with Crippen molar-refractivity contribution >= 4 is 60.0 Å². The van der Waals surface area contributed by atoms with Crippen molar-refractivity contribution < 1.29 is 14.3 Å². The molecule has 0 aliphatic heterocycles. The van der Waals surface area contributed by atoms with Gasteiger partial charge in [-0.15, -0.1) is 0 Å². The summed E-state index contributed by atoms with van der Waals surface area (Å²) in [6.07, 6.45) is 4.34. The van der Waals surface area contributed by atoms with Gasteiger partial charge in [0.1, 0.15) is 11.5 Å². The van der Waals surface area contributed by atoms with Gasteiger partial charge >= 0.3 is 0 Å². The molecule has 8 rings (SSSR count). The summed E-state index contributed by atoms with van der Waals surface area (Å²) in [5.74, 6) is 1.90. The number of fused-ring (bicyclic) bond motifs is 4. The first-order chi connectivity index (χ1) is 24.0. The highest BCUT2D eigenvalue weighted by Gasteiger charge is 2.42. The van der Waals surface area contributed by atoms with E-state index in [9.17, 15) is 4.79 Å². The topological polar surface area (TPSA) is 35.5 Å². The summed E-state index contributed by atoms with van der Waals surface area (Å²) < 4.78 is 12.2. The van der Waals surface area contributed by atoms with Crippen molar-refractivity contribution in [2.45, 2.75) is 41.5 Å². The average Bonchev–Trinajstić information content (AvgIpc) is 3.82. The molecule has 3 heteroatoms. The zero-order chi connectivity index (χ0) is 35.1. The van der Waals surface area contributed by atoms with Crippen LogP contribution in [0.4, 0.5) is 0 Å². The van der Waals surface area contributed by atoms with E-state index in [2.05, 4.69) is 151 Å². The third kappa shape index (κ3) is 4.75. The van der Waals surface area contributed by atoms with Crippen molar-refractivity contribution in [3.63, 3.8) is 0 Å². The van der Waals surface area contributed by atoms with Crippen molar-refractivity contribution in [1.82, 2.24) is 0 Å². The predicted octanol–water partition coefficient (Wildman–Crippen LogP) is 12.1. The van der Waals surface area contributed by atoms with Crippen molar-refractivity contribution in [1.29, 1.82) is 0 Å². The summed E-state index contributed by atoms with van der Waals surface area (Å²) in [6.45, 7) is 12.8. The van der Waals surface area contributed by atoms with Gasteiger partial charge in [0.15, 0.2) is 5.78 Å². The van der Waals surface area contributed by atoms with Crippen LogP contribution < -0.4 is 9.47 Å². The zero-order valence-electron chi connectivity index (χ0n) is 30.1. The van der Waals surface area contributed by atoms with Crippen LogP contribution in [0, 0.1) is 10.8 Å². The molecule has 2 aliphatic carbocycles. The summed E-state index contributed by atoms with van der Waals surface area (Å²) in [6, 6.07) is 34.3. The van der Waals surface area contributed by atoms with E-state index >= 15 is 0 Å². The maximum atomic E-state index is 14.2. The monoisotopic (exact) mass is 654 g/mol. The van der Waals surface area contributed by atoms with Gasteiger partial charge in [0.25, 0.3) is 0 Å². The van der Waals surface area contributed by atoms with Gasteiger partial charge in [-0.1, -0.05) is 139 Å². The lowest BCUT2D eigenvalue weighted by molar-refractivity contribution is -0.114. The lowest BCUT2D eigenvalue weighted by atomic mass is 9.71. The highest BCUT2D eigenvalue weighted by atomic mass is 16.5. The van der Waals surface area contributed by atoms with E-state index in [0.717, 1.165) is 71.3 Å². The molecule has 0 aromatic heterocycles. The number of ketones is 1. The van der Waals surface area contributed by atoms with E-state index in [1.54, 1.807) is 14.2 Å². The molecule has 0 radical (unpaired) electrons. The van der Waals surface area contributed by atoms with E-state index in [0.29, 0.717) is 0 Å². The Morgan fingerprint density at radius 3 is 0.960 bits per heavy atom. The maximum absolute atomic E-state index is 14.2. The second kappa shape index (κ2) is 11.3. The average molecular weight is 655 g/mol. The Morgan fingerprint density at radius 1 is 0.420 bits per heavy atom. The summed E-state index contributed by atoms with van der Waals surface area (Å²) >= 11 is 0. The number of carbonyl (C=O) groups excluding carboxylic acids is 1. The molecule has 0 saturated carbocycles. The Bertz CT molecular complexity index is 2290. The molecule has 2 aliphatic rings. The standard InChI is InChI=1S/C47H42O3/c1-46(2,3)36-25-27(26-37(43(36)48)47(4,5)6)38-41(39-28-17-9-13-21-32(28)44(49-7)33-22-14-10-18-29(33)39)42(38)40-30-19-11-15-23-34(30)45(50-8)35-24-16-12-20-31(35)40/h9-26H,1-8H3. The van der Waals surface area contributed by atoms with Crippen LogP contribution in [0.1, 0.15) is 52.7 Å². The molecule has 0 fully saturated rings. The second-order valence-electron chi connectivity index (χ2n) is 15.5. The van der Waals surface area contributed by atoms with Gasteiger partial charge in [-0.05, 0) is 77.9 Å². The third-order valence-electron chi connectivity index (χ3n) is 10.4. The van der Waals surface area contributed by atoms with E-state index in [1.165, 1.54) is 27.8 Å².